The zero-order chi connectivity index (χ0) is 18.4. The highest BCUT2D eigenvalue weighted by molar-refractivity contribution is 9.10. The van der Waals surface area contributed by atoms with Gasteiger partial charge in [0, 0.05) is 21.6 Å². The van der Waals surface area contributed by atoms with E-state index in [-0.39, 0.29) is 0 Å². The topological polar surface area (TPSA) is 30.2 Å². The van der Waals surface area contributed by atoms with Crippen LogP contribution >= 0.6 is 15.9 Å². The Morgan fingerprint density at radius 2 is 1.69 bits per heavy atom. The summed E-state index contributed by atoms with van der Waals surface area (Å²) in [5, 5.41) is 0.817. The SMILES string of the molecule is [2H]c1c(Br)ccc2nc(-c3nc(-c4ccccc4)c4ccccn34)ccc12. The summed E-state index contributed by atoms with van der Waals surface area (Å²) in [6.45, 7) is 0. The minimum absolute atomic E-state index is 0.449. The molecule has 0 spiro atoms. The van der Waals surface area contributed by atoms with Crippen LogP contribution in [0, 0.1) is 0 Å². The van der Waals surface area contributed by atoms with Crippen LogP contribution < -0.4 is 0 Å². The first-order valence-corrected chi connectivity index (χ1v) is 9.10. The Morgan fingerprint density at radius 1 is 0.846 bits per heavy atom. The predicted molar refractivity (Wildman–Crippen MR) is 109 cm³/mol. The summed E-state index contributed by atoms with van der Waals surface area (Å²) in [4.78, 5) is 9.70. The second-order valence-corrected chi connectivity index (χ2v) is 6.90. The normalized spacial score (nSPS) is 11.8. The smallest absolute Gasteiger partial charge is 0.163 e. The fourth-order valence-corrected chi connectivity index (χ4v) is 3.53. The first-order chi connectivity index (χ1) is 13.2. The standard InChI is InChI=1S/C22H14BrN3/c23-17-10-12-18-16(14-17)9-11-19(24-18)22-25-21(15-6-2-1-3-7-15)20-8-4-5-13-26(20)22/h1-14H/i14D. The number of aromatic nitrogens is 3. The molecule has 0 unspecified atom stereocenters. The zero-order valence-corrected chi connectivity index (χ0v) is 15.3. The number of imidazole rings is 1. The van der Waals surface area contributed by atoms with E-state index in [4.69, 9.17) is 11.3 Å². The summed E-state index contributed by atoms with van der Waals surface area (Å²) in [6, 6.07) is 24.4. The van der Waals surface area contributed by atoms with E-state index >= 15 is 0 Å². The Balaban J connectivity index is 1.76. The molecular formula is C22H14BrN3. The van der Waals surface area contributed by atoms with Crippen molar-refractivity contribution in [3.63, 3.8) is 0 Å². The van der Waals surface area contributed by atoms with Crippen LogP contribution in [0.25, 0.3) is 39.2 Å². The Kier molecular flexibility index (Phi) is 3.32. The van der Waals surface area contributed by atoms with Crippen molar-refractivity contribution in [3.8, 4) is 22.8 Å². The fraction of sp³-hybridized carbons (Fsp3) is 0. The van der Waals surface area contributed by atoms with Crippen molar-refractivity contribution in [1.29, 1.82) is 0 Å². The third-order valence-electron chi connectivity index (χ3n) is 4.39. The molecular weight excluding hydrogens is 386 g/mol. The average Bonchev–Trinajstić information content (AvgIpc) is 3.11. The highest BCUT2D eigenvalue weighted by atomic mass is 79.9. The molecule has 0 N–H and O–H groups in total. The summed E-state index contributed by atoms with van der Waals surface area (Å²) >= 11 is 3.41. The number of nitrogens with zero attached hydrogens (tertiary/aromatic N) is 3. The van der Waals surface area contributed by atoms with Gasteiger partial charge in [-0.1, -0.05) is 58.4 Å². The van der Waals surface area contributed by atoms with Gasteiger partial charge in [-0.15, -0.1) is 0 Å². The van der Waals surface area contributed by atoms with E-state index in [9.17, 15) is 0 Å². The number of benzene rings is 2. The maximum atomic E-state index is 8.20. The lowest BCUT2D eigenvalue weighted by Crippen LogP contribution is -1.92. The first kappa shape index (κ1) is 14.2. The molecule has 5 rings (SSSR count). The highest BCUT2D eigenvalue weighted by Gasteiger charge is 2.15. The second-order valence-electron chi connectivity index (χ2n) is 6.04. The molecule has 0 aliphatic rings. The van der Waals surface area contributed by atoms with Gasteiger partial charge in [-0.05, 0) is 36.4 Å². The van der Waals surface area contributed by atoms with Crippen molar-refractivity contribution >= 4 is 32.3 Å². The third kappa shape index (κ3) is 2.50. The van der Waals surface area contributed by atoms with Gasteiger partial charge in [0.25, 0.3) is 0 Å². The lowest BCUT2D eigenvalue weighted by molar-refractivity contribution is 1.14. The average molecular weight is 401 g/mol. The Labute approximate surface area is 160 Å². The van der Waals surface area contributed by atoms with Gasteiger partial charge in [0.1, 0.15) is 5.69 Å². The Morgan fingerprint density at radius 3 is 2.58 bits per heavy atom. The Hall–Kier alpha value is -2.98. The molecule has 0 radical (unpaired) electrons. The summed E-state index contributed by atoms with van der Waals surface area (Å²) < 4.78 is 11.0. The largest absolute Gasteiger partial charge is 0.298 e. The molecule has 5 aromatic rings. The lowest BCUT2D eigenvalue weighted by atomic mass is 10.1. The molecule has 0 saturated heterocycles. The van der Waals surface area contributed by atoms with Crippen LogP contribution in [0.4, 0.5) is 0 Å². The van der Waals surface area contributed by atoms with Crippen molar-refractivity contribution in [2.75, 3.05) is 0 Å². The van der Waals surface area contributed by atoms with Gasteiger partial charge in [-0.3, -0.25) is 4.40 Å². The molecule has 3 aromatic heterocycles. The first-order valence-electron chi connectivity index (χ1n) is 8.81. The monoisotopic (exact) mass is 400 g/mol. The van der Waals surface area contributed by atoms with E-state index < -0.39 is 0 Å². The van der Waals surface area contributed by atoms with E-state index in [1.165, 1.54) is 0 Å². The summed E-state index contributed by atoms with van der Waals surface area (Å²) in [7, 11) is 0. The number of rotatable bonds is 2. The van der Waals surface area contributed by atoms with Crippen LogP contribution in [0.1, 0.15) is 1.37 Å². The number of fused-ring (bicyclic) bond motifs is 2. The van der Waals surface area contributed by atoms with Gasteiger partial charge in [0.2, 0.25) is 0 Å². The second kappa shape index (κ2) is 6.07. The molecule has 0 amide bonds. The van der Waals surface area contributed by atoms with Crippen molar-refractivity contribution in [2.45, 2.75) is 0 Å². The molecule has 3 heterocycles. The number of hydrogen-bond donors (Lipinski definition) is 0. The third-order valence-corrected chi connectivity index (χ3v) is 4.85. The molecule has 0 atom stereocenters. The molecule has 0 bridgehead atoms. The van der Waals surface area contributed by atoms with Gasteiger partial charge in [-0.25, -0.2) is 9.97 Å². The Bertz CT molecular complexity index is 1300. The molecule has 2 aromatic carbocycles. The van der Waals surface area contributed by atoms with Gasteiger partial charge in [0.15, 0.2) is 5.82 Å². The number of pyridine rings is 2. The van der Waals surface area contributed by atoms with Gasteiger partial charge < -0.3 is 0 Å². The fourth-order valence-electron chi connectivity index (χ4n) is 3.18. The molecule has 0 fully saturated rings. The van der Waals surface area contributed by atoms with Crippen molar-refractivity contribution < 1.29 is 1.37 Å². The van der Waals surface area contributed by atoms with Gasteiger partial charge >= 0.3 is 0 Å². The van der Waals surface area contributed by atoms with Crippen LogP contribution in [-0.2, 0) is 0 Å². The molecule has 3 nitrogen and oxygen atoms in total. The predicted octanol–water partition coefficient (Wildman–Crippen LogP) is 5.98. The van der Waals surface area contributed by atoms with E-state index in [1.807, 2.05) is 60.8 Å². The molecule has 26 heavy (non-hydrogen) atoms. The lowest BCUT2D eigenvalue weighted by Gasteiger charge is -2.03. The molecule has 0 aliphatic carbocycles. The van der Waals surface area contributed by atoms with Crippen molar-refractivity contribution in [3.05, 3.63) is 89.5 Å². The van der Waals surface area contributed by atoms with Gasteiger partial charge in [0.05, 0.1) is 18.1 Å². The van der Waals surface area contributed by atoms with Crippen molar-refractivity contribution in [1.82, 2.24) is 14.4 Å². The number of hydrogen-bond acceptors (Lipinski definition) is 2. The van der Waals surface area contributed by atoms with E-state index in [2.05, 4.69) is 38.5 Å². The quantitative estimate of drug-likeness (QED) is 0.364. The van der Waals surface area contributed by atoms with E-state index in [0.29, 0.717) is 6.04 Å². The van der Waals surface area contributed by atoms with Gasteiger partial charge in [-0.2, -0.15) is 0 Å². The highest BCUT2D eigenvalue weighted by Crippen LogP contribution is 2.30. The van der Waals surface area contributed by atoms with Crippen LogP contribution in [0.5, 0.6) is 0 Å². The maximum absolute atomic E-state index is 8.20. The van der Waals surface area contributed by atoms with Crippen molar-refractivity contribution in [2.24, 2.45) is 0 Å². The minimum atomic E-state index is 0.449. The summed E-state index contributed by atoms with van der Waals surface area (Å²) in [5.41, 5.74) is 4.62. The minimum Gasteiger partial charge on any atom is -0.298 e. The zero-order valence-electron chi connectivity index (χ0n) is 14.7. The van der Waals surface area contributed by atoms with E-state index in [1.54, 1.807) is 0 Å². The molecule has 4 heteroatoms. The summed E-state index contributed by atoms with van der Waals surface area (Å²) in [5.74, 6) is 0.792. The van der Waals surface area contributed by atoms with Crippen LogP contribution in [-0.4, -0.2) is 14.4 Å². The van der Waals surface area contributed by atoms with Crippen LogP contribution in [0.2, 0.25) is 0 Å². The number of halogens is 1. The van der Waals surface area contributed by atoms with E-state index in [0.717, 1.165) is 43.7 Å². The molecule has 0 aliphatic heterocycles. The van der Waals surface area contributed by atoms with Crippen LogP contribution in [0.3, 0.4) is 0 Å². The van der Waals surface area contributed by atoms with Crippen LogP contribution in [0.15, 0.2) is 89.5 Å². The maximum Gasteiger partial charge on any atom is 0.163 e. The molecule has 0 saturated carbocycles. The summed E-state index contributed by atoms with van der Waals surface area (Å²) in [6.07, 6.45) is 2.01. The molecule has 124 valence electrons.